The molecule has 112 valence electrons. The van der Waals surface area contributed by atoms with Gasteiger partial charge in [-0.25, -0.2) is 0 Å². The first kappa shape index (κ1) is 15.4. The van der Waals surface area contributed by atoms with Gasteiger partial charge in [-0.05, 0) is 67.6 Å². The number of aryl methyl sites for hydroxylation is 2. The molecule has 0 aromatic heterocycles. The van der Waals surface area contributed by atoms with Gasteiger partial charge in [0.2, 0.25) is 0 Å². The van der Waals surface area contributed by atoms with Gasteiger partial charge in [0.15, 0.2) is 0 Å². The van der Waals surface area contributed by atoms with Crippen LogP contribution in [-0.2, 0) is 0 Å². The van der Waals surface area contributed by atoms with Crippen LogP contribution in [-0.4, -0.2) is 7.11 Å². The van der Waals surface area contributed by atoms with Crippen molar-refractivity contribution >= 4 is 0 Å². The number of rotatable bonds is 3. The molecular weight excluding hydrogens is 244 g/mol. The third-order valence-electron chi connectivity index (χ3n) is 5.11. The quantitative estimate of drug-likeness (QED) is 0.708. The van der Waals surface area contributed by atoms with Gasteiger partial charge in [-0.15, -0.1) is 0 Å². The summed E-state index contributed by atoms with van der Waals surface area (Å²) in [5.41, 5.74) is 4.18. The molecule has 0 spiro atoms. The predicted molar refractivity (Wildman–Crippen MR) is 86.6 cm³/mol. The van der Waals surface area contributed by atoms with Crippen molar-refractivity contribution in [1.29, 1.82) is 0 Å². The van der Waals surface area contributed by atoms with Gasteiger partial charge in [-0.2, -0.15) is 0 Å². The maximum absolute atomic E-state index is 5.72. The van der Waals surface area contributed by atoms with E-state index in [9.17, 15) is 0 Å². The van der Waals surface area contributed by atoms with Crippen LogP contribution in [0, 0.1) is 31.6 Å². The molecule has 0 bridgehead atoms. The van der Waals surface area contributed by atoms with Crippen molar-refractivity contribution in [2.45, 2.75) is 59.8 Å². The smallest absolute Gasteiger partial charge is 0.122 e. The summed E-state index contributed by atoms with van der Waals surface area (Å²) in [6.07, 6.45) is 4.05. The minimum Gasteiger partial charge on any atom is -0.496 e. The summed E-state index contributed by atoms with van der Waals surface area (Å²) in [4.78, 5) is 0. The summed E-state index contributed by atoms with van der Waals surface area (Å²) in [5, 5.41) is 0. The molecule has 0 radical (unpaired) electrons. The van der Waals surface area contributed by atoms with Crippen LogP contribution in [0.4, 0.5) is 0 Å². The molecule has 1 nitrogen and oxygen atoms in total. The Morgan fingerprint density at radius 1 is 1.15 bits per heavy atom. The van der Waals surface area contributed by atoms with E-state index in [1.54, 1.807) is 0 Å². The Labute approximate surface area is 124 Å². The van der Waals surface area contributed by atoms with E-state index in [4.69, 9.17) is 4.74 Å². The lowest BCUT2D eigenvalue weighted by atomic mass is 9.66. The van der Waals surface area contributed by atoms with Crippen LogP contribution >= 0.6 is 0 Å². The van der Waals surface area contributed by atoms with Crippen molar-refractivity contribution in [1.82, 2.24) is 0 Å². The topological polar surface area (TPSA) is 9.23 Å². The lowest BCUT2D eigenvalue weighted by molar-refractivity contribution is 0.194. The highest BCUT2D eigenvalue weighted by molar-refractivity contribution is 5.46. The van der Waals surface area contributed by atoms with Gasteiger partial charge in [0.25, 0.3) is 0 Å². The van der Waals surface area contributed by atoms with Crippen molar-refractivity contribution in [3.63, 3.8) is 0 Å². The van der Waals surface area contributed by atoms with E-state index < -0.39 is 0 Å². The average molecular weight is 274 g/mol. The van der Waals surface area contributed by atoms with Crippen LogP contribution < -0.4 is 4.74 Å². The van der Waals surface area contributed by atoms with Gasteiger partial charge >= 0.3 is 0 Å². The van der Waals surface area contributed by atoms with Gasteiger partial charge in [-0.3, -0.25) is 0 Å². The van der Waals surface area contributed by atoms with E-state index in [0.29, 0.717) is 5.92 Å². The number of ether oxygens (including phenoxy) is 1. The third-order valence-corrected chi connectivity index (χ3v) is 5.11. The first-order valence-corrected chi connectivity index (χ1v) is 8.09. The van der Waals surface area contributed by atoms with Gasteiger partial charge < -0.3 is 4.74 Å². The first-order chi connectivity index (χ1) is 9.43. The highest BCUT2D eigenvalue weighted by Gasteiger charge is 2.34. The van der Waals surface area contributed by atoms with Crippen LogP contribution in [0.1, 0.15) is 62.6 Å². The van der Waals surface area contributed by atoms with Crippen molar-refractivity contribution in [3.8, 4) is 5.75 Å². The Kier molecular flexibility index (Phi) is 4.78. The van der Waals surface area contributed by atoms with Gasteiger partial charge in [0, 0.05) is 5.56 Å². The zero-order valence-electron chi connectivity index (χ0n) is 14.0. The molecular formula is C19H30O. The molecule has 20 heavy (non-hydrogen) atoms. The van der Waals surface area contributed by atoms with Crippen molar-refractivity contribution in [2.75, 3.05) is 7.11 Å². The minimum absolute atomic E-state index is 0.661. The third kappa shape index (κ3) is 3.02. The molecule has 3 atom stereocenters. The number of benzene rings is 1. The van der Waals surface area contributed by atoms with Crippen LogP contribution in [0.3, 0.4) is 0 Å². The molecule has 1 aromatic carbocycles. The van der Waals surface area contributed by atoms with Gasteiger partial charge in [-0.1, -0.05) is 33.3 Å². The Morgan fingerprint density at radius 2 is 1.85 bits per heavy atom. The largest absolute Gasteiger partial charge is 0.496 e. The number of hydrogen-bond donors (Lipinski definition) is 0. The maximum Gasteiger partial charge on any atom is 0.122 e. The first-order valence-electron chi connectivity index (χ1n) is 8.09. The molecule has 1 aromatic rings. The summed E-state index contributed by atoms with van der Waals surface area (Å²) >= 11 is 0. The minimum atomic E-state index is 0.661. The Hall–Kier alpha value is -0.980. The van der Waals surface area contributed by atoms with E-state index >= 15 is 0 Å². The van der Waals surface area contributed by atoms with Crippen molar-refractivity contribution in [2.24, 2.45) is 17.8 Å². The lowest BCUT2D eigenvalue weighted by Gasteiger charge is -2.39. The summed E-state index contributed by atoms with van der Waals surface area (Å²) in [7, 11) is 1.81. The molecule has 0 saturated heterocycles. The fourth-order valence-electron chi connectivity index (χ4n) is 4.12. The van der Waals surface area contributed by atoms with Crippen molar-refractivity contribution in [3.05, 3.63) is 28.8 Å². The normalized spacial score (nSPS) is 26.9. The maximum atomic E-state index is 5.72. The molecule has 0 aliphatic heterocycles. The summed E-state index contributed by atoms with van der Waals surface area (Å²) < 4.78 is 5.72. The van der Waals surface area contributed by atoms with Crippen LogP contribution in [0.5, 0.6) is 5.75 Å². The molecule has 1 aliphatic carbocycles. The highest BCUT2D eigenvalue weighted by Crippen LogP contribution is 2.47. The zero-order chi connectivity index (χ0) is 14.9. The SMILES string of the molecule is COc1cc(C)cc(C)c1[C@H]1CC(C)CC[C@@H]1C(C)C. The second-order valence-electron chi connectivity index (χ2n) is 7.13. The molecule has 0 amide bonds. The summed E-state index contributed by atoms with van der Waals surface area (Å²) in [5.74, 6) is 4.14. The molecule has 1 saturated carbocycles. The fourth-order valence-corrected chi connectivity index (χ4v) is 4.12. The van der Waals surface area contributed by atoms with E-state index in [1.165, 1.54) is 36.0 Å². The Bertz CT molecular complexity index is 461. The second kappa shape index (κ2) is 6.20. The fraction of sp³-hybridized carbons (Fsp3) is 0.684. The summed E-state index contributed by atoms with van der Waals surface area (Å²) in [6, 6.07) is 4.52. The Balaban J connectivity index is 2.46. The van der Waals surface area contributed by atoms with Gasteiger partial charge in [0.05, 0.1) is 7.11 Å². The Morgan fingerprint density at radius 3 is 2.45 bits per heavy atom. The standard InChI is InChI=1S/C19H30O/c1-12(2)16-8-7-13(3)10-17(16)19-15(5)9-14(4)11-18(19)20-6/h9,11-13,16-17H,7-8,10H2,1-6H3/t13?,16-,17+/m1/s1. The average Bonchev–Trinajstić information content (AvgIpc) is 2.37. The van der Waals surface area contributed by atoms with Crippen LogP contribution in [0.2, 0.25) is 0 Å². The predicted octanol–water partition coefficient (Wildman–Crippen LogP) is 5.49. The van der Waals surface area contributed by atoms with Crippen molar-refractivity contribution < 1.29 is 4.74 Å². The number of methoxy groups -OCH3 is 1. The van der Waals surface area contributed by atoms with E-state index in [2.05, 4.69) is 46.8 Å². The molecule has 1 unspecified atom stereocenters. The molecule has 1 aliphatic rings. The lowest BCUT2D eigenvalue weighted by Crippen LogP contribution is -2.27. The molecule has 0 N–H and O–H groups in total. The van der Waals surface area contributed by atoms with Gasteiger partial charge in [0.1, 0.15) is 5.75 Å². The molecule has 1 heteroatoms. The van der Waals surface area contributed by atoms with Crippen LogP contribution in [0.25, 0.3) is 0 Å². The molecule has 1 fully saturated rings. The monoisotopic (exact) mass is 274 g/mol. The molecule has 2 rings (SSSR count). The highest BCUT2D eigenvalue weighted by atomic mass is 16.5. The second-order valence-corrected chi connectivity index (χ2v) is 7.13. The van der Waals surface area contributed by atoms with E-state index in [0.717, 1.165) is 23.5 Å². The molecule has 0 heterocycles. The van der Waals surface area contributed by atoms with E-state index in [1.807, 2.05) is 7.11 Å². The van der Waals surface area contributed by atoms with Crippen LogP contribution in [0.15, 0.2) is 12.1 Å². The number of hydrogen-bond acceptors (Lipinski definition) is 1. The van der Waals surface area contributed by atoms with E-state index in [-0.39, 0.29) is 0 Å². The zero-order valence-corrected chi connectivity index (χ0v) is 14.0. The summed E-state index contributed by atoms with van der Waals surface area (Å²) in [6.45, 7) is 11.6.